The van der Waals surface area contributed by atoms with Gasteiger partial charge in [0.05, 0.1) is 30.8 Å². The molecule has 1 unspecified atom stereocenters. The van der Waals surface area contributed by atoms with Crippen molar-refractivity contribution in [2.24, 2.45) is 0 Å². The number of methoxy groups -OCH3 is 2. The Balaban J connectivity index is 1.24. The van der Waals surface area contributed by atoms with Crippen molar-refractivity contribution in [1.82, 2.24) is 5.32 Å². The highest BCUT2D eigenvalue weighted by molar-refractivity contribution is 8.00. The number of amides is 3. The fraction of sp³-hybridized carbons (Fsp3) is 0.103. The van der Waals surface area contributed by atoms with E-state index >= 15 is 0 Å². The molecular formula is C39H33N3O5S2. The van der Waals surface area contributed by atoms with Crippen LogP contribution in [0.25, 0.3) is 6.08 Å². The van der Waals surface area contributed by atoms with E-state index in [-0.39, 0.29) is 11.6 Å². The van der Waals surface area contributed by atoms with Crippen LogP contribution in [0.2, 0.25) is 0 Å². The zero-order valence-electron chi connectivity index (χ0n) is 27.0. The summed E-state index contributed by atoms with van der Waals surface area (Å²) in [7, 11) is 3.07. The van der Waals surface area contributed by atoms with Gasteiger partial charge in [-0.3, -0.25) is 19.3 Å². The second-order valence-corrected chi connectivity index (χ2v) is 13.4. The Morgan fingerprint density at radius 2 is 1.45 bits per heavy atom. The molecule has 0 aromatic heterocycles. The van der Waals surface area contributed by atoms with Crippen LogP contribution < -0.4 is 25.0 Å². The Morgan fingerprint density at radius 3 is 2.12 bits per heavy atom. The lowest BCUT2D eigenvalue weighted by Crippen LogP contribution is -2.34. The summed E-state index contributed by atoms with van der Waals surface area (Å²) < 4.78 is 10.9. The van der Waals surface area contributed by atoms with E-state index in [0.717, 1.165) is 26.1 Å². The van der Waals surface area contributed by atoms with Crippen molar-refractivity contribution < 1.29 is 23.9 Å². The molecule has 10 heteroatoms. The summed E-state index contributed by atoms with van der Waals surface area (Å²) in [6.07, 6.45) is 1.55. The lowest BCUT2D eigenvalue weighted by Gasteiger charge is -2.32. The van der Waals surface area contributed by atoms with Crippen molar-refractivity contribution in [1.29, 1.82) is 0 Å². The summed E-state index contributed by atoms with van der Waals surface area (Å²) in [5.74, 6) is 0.0134. The van der Waals surface area contributed by atoms with Crippen LogP contribution in [0.1, 0.15) is 22.8 Å². The van der Waals surface area contributed by atoms with Crippen LogP contribution in [0.5, 0.6) is 11.5 Å². The molecule has 0 radical (unpaired) electrons. The van der Waals surface area contributed by atoms with Gasteiger partial charge in [-0.2, -0.15) is 0 Å². The van der Waals surface area contributed by atoms with E-state index in [9.17, 15) is 14.4 Å². The van der Waals surface area contributed by atoms with Crippen molar-refractivity contribution in [2.45, 2.75) is 26.9 Å². The standard InChI is InChI=1S/C39H33N3O5S2/c1-25(39(45)42-32-16-7-9-18-35(32)49-36-19-10-8-17-33(36)42)48-30-15-11-14-28(24-30)40-38(44)31(41-37(43)26-12-5-4-6-13-26)23-27-22-29(46-2)20-21-34(27)47-3/h4-25H,1-3H3,(H,40,44)(H,41,43)/b31-23+. The monoisotopic (exact) mass is 687 g/mol. The molecule has 3 amide bonds. The first-order chi connectivity index (χ1) is 23.8. The van der Waals surface area contributed by atoms with Crippen LogP contribution in [-0.4, -0.2) is 37.2 Å². The van der Waals surface area contributed by atoms with E-state index in [1.54, 1.807) is 78.4 Å². The zero-order chi connectivity index (χ0) is 34.3. The van der Waals surface area contributed by atoms with Crippen molar-refractivity contribution in [3.63, 3.8) is 0 Å². The third-order valence-electron chi connectivity index (χ3n) is 7.67. The smallest absolute Gasteiger partial charge is 0.272 e. The average molecular weight is 688 g/mol. The van der Waals surface area contributed by atoms with Crippen molar-refractivity contribution >= 4 is 64.4 Å². The predicted octanol–water partition coefficient (Wildman–Crippen LogP) is 8.42. The summed E-state index contributed by atoms with van der Waals surface area (Å²) in [4.78, 5) is 45.6. The maximum atomic E-state index is 14.0. The average Bonchev–Trinajstić information content (AvgIpc) is 3.13. The Hall–Kier alpha value is -5.45. The van der Waals surface area contributed by atoms with E-state index in [4.69, 9.17) is 9.47 Å². The zero-order valence-corrected chi connectivity index (χ0v) is 28.6. The van der Waals surface area contributed by atoms with Gasteiger partial charge in [0.25, 0.3) is 11.8 Å². The Kier molecular flexibility index (Phi) is 10.4. The molecule has 1 atom stereocenters. The summed E-state index contributed by atoms with van der Waals surface area (Å²) in [6, 6.07) is 36.9. The van der Waals surface area contributed by atoms with Crippen molar-refractivity contribution in [3.05, 3.63) is 138 Å². The van der Waals surface area contributed by atoms with Crippen LogP contribution in [0.4, 0.5) is 17.1 Å². The Bertz CT molecular complexity index is 2000. The maximum absolute atomic E-state index is 14.0. The second-order valence-electron chi connectivity index (χ2n) is 10.9. The van der Waals surface area contributed by atoms with Gasteiger partial charge in [0.15, 0.2) is 0 Å². The first-order valence-electron chi connectivity index (χ1n) is 15.4. The van der Waals surface area contributed by atoms with Gasteiger partial charge in [-0.25, -0.2) is 0 Å². The molecule has 1 heterocycles. The molecule has 1 aliphatic heterocycles. The number of fused-ring (bicyclic) bond motifs is 2. The van der Waals surface area contributed by atoms with Crippen LogP contribution in [0.15, 0.2) is 142 Å². The number of para-hydroxylation sites is 2. The number of benzene rings is 5. The summed E-state index contributed by atoms with van der Waals surface area (Å²) in [6.45, 7) is 1.88. The molecule has 0 aliphatic carbocycles. The molecule has 6 rings (SSSR count). The number of anilines is 3. The molecule has 2 N–H and O–H groups in total. The molecule has 8 nitrogen and oxygen atoms in total. The minimum Gasteiger partial charge on any atom is -0.497 e. The molecule has 0 fully saturated rings. The van der Waals surface area contributed by atoms with Crippen molar-refractivity contribution in [2.75, 3.05) is 24.4 Å². The van der Waals surface area contributed by atoms with E-state index in [0.29, 0.717) is 28.3 Å². The lowest BCUT2D eigenvalue weighted by atomic mass is 10.1. The van der Waals surface area contributed by atoms with E-state index in [1.807, 2.05) is 79.7 Å². The van der Waals surface area contributed by atoms with Gasteiger partial charge < -0.3 is 20.1 Å². The minimum absolute atomic E-state index is 0.00214. The molecule has 246 valence electrons. The van der Waals surface area contributed by atoms with E-state index < -0.39 is 17.1 Å². The molecule has 0 saturated carbocycles. The highest BCUT2D eigenvalue weighted by atomic mass is 32.2. The van der Waals surface area contributed by atoms with Gasteiger partial charge >= 0.3 is 0 Å². The third kappa shape index (κ3) is 7.66. The summed E-state index contributed by atoms with van der Waals surface area (Å²) in [5.41, 5.74) is 3.15. The fourth-order valence-corrected chi connectivity index (χ4v) is 7.30. The first kappa shape index (κ1) is 33.5. The molecule has 5 aromatic carbocycles. The molecule has 0 bridgehead atoms. The number of ether oxygens (including phenoxy) is 2. The second kappa shape index (κ2) is 15.2. The van der Waals surface area contributed by atoms with Gasteiger partial charge in [-0.15, -0.1) is 11.8 Å². The van der Waals surface area contributed by atoms with Crippen LogP contribution >= 0.6 is 23.5 Å². The normalized spacial score (nSPS) is 12.6. The van der Waals surface area contributed by atoms with E-state index in [1.165, 1.54) is 18.9 Å². The van der Waals surface area contributed by atoms with Crippen molar-refractivity contribution in [3.8, 4) is 11.5 Å². The van der Waals surface area contributed by atoms with Gasteiger partial charge in [0.2, 0.25) is 5.91 Å². The lowest BCUT2D eigenvalue weighted by molar-refractivity contribution is -0.117. The van der Waals surface area contributed by atoms with Crippen LogP contribution in [0.3, 0.4) is 0 Å². The molecular weight excluding hydrogens is 655 g/mol. The number of carbonyl (C=O) groups is 3. The van der Waals surface area contributed by atoms with E-state index in [2.05, 4.69) is 10.6 Å². The maximum Gasteiger partial charge on any atom is 0.272 e. The molecule has 0 spiro atoms. The first-order valence-corrected chi connectivity index (χ1v) is 17.1. The SMILES string of the molecule is COc1ccc(OC)c(/C=C(/NC(=O)c2ccccc2)C(=O)Nc2cccc(SC(C)C(=O)N3c4ccccc4Sc4ccccc43)c2)c1. The highest BCUT2D eigenvalue weighted by Gasteiger charge is 2.31. The number of nitrogens with zero attached hydrogens (tertiary/aromatic N) is 1. The molecule has 5 aromatic rings. The van der Waals surface area contributed by atoms with Gasteiger partial charge in [-0.1, -0.05) is 60.3 Å². The Labute approximate surface area is 293 Å². The largest absolute Gasteiger partial charge is 0.497 e. The predicted molar refractivity (Wildman–Crippen MR) is 196 cm³/mol. The Morgan fingerprint density at radius 1 is 0.776 bits per heavy atom. The number of nitrogens with one attached hydrogen (secondary N) is 2. The number of thioether (sulfide) groups is 1. The van der Waals surface area contributed by atoms with Crippen LogP contribution in [0, 0.1) is 0 Å². The number of hydrogen-bond acceptors (Lipinski definition) is 7. The minimum atomic E-state index is -0.542. The number of carbonyl (C=O) groups excluding carboxylic acids is 3. The molecule has 49 heavy (non-hydrogen) atoms. The highest BCUT2D eigenvalue weighted by Crippen LogP contribution is 2.48. The number of hydrogen-bond donors (Lipinski definition) is 2. The van der Waals surface area contributed by atoms with Gasteiger partial charge in [0, 0.05) is 31.5 Å². The van der Waals surface area contributed by atoms with Crippen LogP contribution in [-0.2, 0) is 9.59 Å². The third-order valence-corrected chi connectivity index (χ3v) is 9.88. The number of rotatable bonds is 10. The fourth-order valence-electron chi connectivity index (χ4n) is 5.27. The quantitative estimate of drug-likeness (QED) is 0.112. The van der Waals surface area contributed by atoms with Gasteiger partial charge in [-0.05, 0) is 85.8 Å². The molecule has 1 aliphatic rings. The molecule has 0 saturated heterocycles. The topological polar surface area (TPSA) is 97.0 Å². The summed E-state index contributed by atoms with van der Waals surface area (Å²) >= 11 is 3.05. The summed E-state index contributed by atoms with van der Waals surface area (Å²) in [5, 5.41) is 5.23. The van der Waals surface area contributed by atoms with Gasteiger partial charge in [0.1, 0.15) is 17.2 Å².